The number of hydrogen-bond acceptors (Lipinski definition) is 1. The largest absolute Gasteiger partial charge is 0.326 e. The number of hydrogen-bond donors (Lipinski definition) is 1. The molecule has 2 aromatic rings. The first kappa shape index (κ1) is 12.8. The van der Waals surface area contributed by atoms with Crippen LogP contribution >= 0.6 is 0 Å². The normalized spacial score (nSPS) is 10.9. The molecule has 1 nitrogen and oxygen atoms in total. The van der Waals surface area contributed by atoms with Gasteiger partial charge in [-0.05, 0) is 40.7 Å². The zero-order valence-electron chi connectivity index (χ0n) is 11.4. The van der Waals surface area contributed by atoms with Crippen molar-refractivity contribution in [2.24, 2.45) is 5.73 Å². The highest BCUT2D eigenvalue weighted by Crippen LogP contribution is 2.30. The molecule has 0 aliphatic carbocycles. The van der Waals surface area contributed by atoms with E-state index in [0.717, 1.165) is 0 Å². The molecular weight excluding hydrogens is 218 g/mol. The van der Waals surface area contributed by atoms with Crippen molar-refractivity contribution in [3.63, 3.8) is 0 Å². The molecule has 1 heteroatoms. The average molecular weight is 239 g/mol. The Kier molecular flexibility index (Phi) is 3.83. The molecule has 0 aliphatic heterocycles. The second-order valence-electron chi connectivity index (χ2n) is 5.09. The van der Waals surface area contributed by atoms with Crippen LogP contribution in [0.3, 0.4) is 0 Å². The van der Waals surface area contributed by atoms with E-state index >= 15 is 0 Å². The Morgan fingerprint density at radius 1 is 1.06 bits per heavy atom. The lowest BCUT2D eigenvalue weighted by Gasteiger charge is -2.14. The highest BCUT2D eigenvalue weighted by atomic mass is 14.5. The third-order valence-electron chi connectivity index (χ3n) is 3.46. The molecule has 2 rings (SSSR count). The summed E-state index contributed by atoms with van der Waals surface area (Å²) in [7, 11) is 0. The second kappa shape index (κ2) is 5.36. The summed E-state index contributed by atoms with van der Waals surface area (Å²) in [5.74, 6) is 0.538. The first-order valence-electron chi connectivity index (χ1n) is 6.52. The lowest BCUT2D eigenvalue weighted by atomic mass is 9.91. The standard InChI is InChI=1S/C17H21N/c1-12(2)16-6-4-5-7-17(16)14-8-9-15(11-18)13(3)10-14/h4-10,12H,11,18H2,1-3H3. The zero-order valence-corrected chi connectivity index (χ0v) is 11.4. The van der Waals surface area contributed by atoms with Crippen LogP contribution < -0.4 is 5.73 Å². The zero-order chi connectivity index (χ0) is 13.1. The van der Waals surface area contributed by atoms with Gasteiger partial charge in [0.15, 0.2) is 0 Å². The maximum Gasteiger partial charge on any atom is 0.0180 e. The van der Waals surface area contributed by atoms with E-state index in [-0.39, 0.29) is 0 Å². The molecule has 0 saturated heterocycles. The first-order chi connectivity index (χ1) is 8.63. The van der Waals surface area contributed by atoms with Crippen molar-refractivity contribution in [3.05, 3.63) is 59.2 Å². The lowest BCUT2D eigenvalue weighted by molar-refractivity contribution is 0.869. The predicted molar refractivity (Wildman–Crippen MR) is 78.6 cm³/mol. The summed E-state index contributed by atoms with van der Waals surface area (Å²) in [5, 5.41) is 0. The molecule has 0 spiro atoms. The van der Waals surface area contributed by atoms with E-state index in [2.05, 4.69) is 63.2 Å². The lowest BCUT2D eigenvalue weighted by Crippen LogP contribution is -1.99. The summed E-state index contributed by atoms with van der Waals surface area (Å²) in [6.07, 6.45) is 0. The molecule has 0 atom stereocenters. The van der Waals surface area contributed by atoms with Gasteiger partial charge in [-0.15, -0.1) is 0 Å². The van der Waals surface area contributed by atoms with E-state index in [0.29, 0.717) is 12.5 Å². The van der Waals surface area contributed by atoms with Crippen molar-refractivity contribution in [1.82, 2.24) is 0 Å². The van der Waals surface area contributed by atoms with Crippen molar-refractivity contribution < 1.29 is 0 Å². The maximum absolute atomic E-state index is 5.72. The van der Waals surface area contributed by atoms with Gasteiger partial charge in [-0.2, -0.15) is 0 Å². The van der Waals surface area contributed by atoms with E-state index < -0.39 is 0 Å². The Hall–Kier alpha value is -1.60. The van der Waals surface area contributed by atoms with E-state index in [1.165, 1.54) is 27.8 Å². The molecule has 94 valence electrons. The van der Waals surface area contributed by atoms with Gasteiger partial charge in [-0.3, -0.25) is 0 Å². The fourth-order valence-corrected chi connectivity index (χ4v) is 2.36. The van der Waals surface area contributed by atoms with Gasteiger partial charge in [0.25, 0.3) is 0 Å². The van der Waals surface area contributed by atoms with Gasteiger partial charge in [0.1, 0.15) is 0 Å². The summed E-state index contributed by atoms with van der Waals surface area (Å²) in [6, 6.07) is 15.2. The van der Waals surface area contributed by atoms with Gasteiger partial charge < -0.3 is 5.73 Å². The van der Waals surface area contributed by atoms with E-state index in [1.54, 1.807) is 0 Å². The maximum atomic E-state index is 5.72. The number of rotatable bonds is 3. The molecule has 0 heterocycles. The van der Waals surface area contributed by atoms with Crippen LogP contribution in [0.1, 0.15) is 36.5 Å². The van der Waals surface area contributed by atoms with Crippen molar-refractivity contribution in [1.29, 1.82) is 0 Å². The monoisotopic (exact) mass is 239 g/mol. The van der Waals surface area contributed by atoms with Gasteiger partial charge in [0.05, 0.1) is 0 Å². The molecule has 0 fully saturated rings. The van der Waals surface area contributed by atoms with E-state index in [9.17, 15) is 0 Å². The topological polar surface area (TPSA) is 26.0 Å². The summed E-state index contributed by atoms with van der Waals surface area (Å²) in [4.78, 5) is 0. The van der Waals surface area contributed by atoms with Crippen LogP contribution in [0.4, 0.5) is 0 Å². The Morgan fingerprint density at radius 2 is 1.78 bits per heavy atom. The summed E-state index contributed by atoms with van der Waals surface area (Å²) in [6.45, 7) is 7.21. The van der Waals surface area contributed by atoms with E-state index in [1.807, 2.05) is 0 Å². The molecule has 0 saturated carbocycles. The molecule has 0 unspecified atom stereocenters. The van der Waals surface area contributed by atoms with Gasteiger partial charge in [0.2, 0.25) is 0 Å². The highest BCUT2D eigenvalue weighted by Gasteiger charge is 2.08. The number of nitrogens with two attached hydrogens (primary N) is 1. The van der Waals surface area contributed by atoms with Crippen molar-refractivity contribution in [2.45, 2.75) is 33.2 Å². The Morgan fingerprint density at radius 3 is 2.39 bits per heavy atom. The van der Waals surface area contributed by atoms with Crippen LogP contribution in [-0.4, -0.2) is 0 Å². The van der Waals surface area contributed by atoms with Gasteiger partial charge in [-0.1, -0.05) is 56.3 Å². The molecule has 2 aromatic carbocycles. The van der Waals surface area contributed by atoms with Gasteiger partial charge in [0, 0.05) is 6.54 Å². The highest BCUT2D eigenvalue weighted by molar-refractivity contribution is 5.69. The quantitative estimate of drug-likeness (QED) is 0.851. The fourth-order valence-electron chi connectivity index (χ4n) is 2.36. The Bertz CT molecular complexity index is 541. The third-order valence-corrected chi connectivity index (χ3v) is 3.46. The molecule has 0 radical (unpaired) electrons. The van der Waals surface area contributed by atoms with Crippen LogP contribution in [0.5, 0.6) is 0 Å². The third kappa shape index (κ3) is 2.46. The van der Waals surface area contributed by atoms with Crippen molar-refractivity contribution in [2.75, 3.05) is 0 Å². The number of aryl methyl sites for hydroxylation is 1. The molecule has 18 heavy (non-hydrogen) atoms. The minimum Gasteiger partial charge on any atom is -0.326 e. The molecular formula is C17H21N. The van der Waals surface area contributed by atoms with Gasteiger partial charge in [-0.25, -0.2) is 0 Å². The van der Waals surface area contributed by atoms with Crippen LogP contribution in [-0.2, 0) is 6.54 Å². The number of benzene rings is 2. The molecule has 2 N–H and O–H groups in total. The minimum atomic E-state index is 0.538. The molecule has 0 aliphatic rings. The van der Waals surface area contributed by atoms with Crippen molar-refractivity contribution >= 4 is 0 Å². The fraction of sp³-hybridized carbons (Fsp3) is 0.294. The van der Waals surface area contributed by atoms with Crippen LogP contribution in [0.25, 0.3) is 11.1 Å². The van der Waals surface area contributed by atoms with Crippen LogP contribution in [0.15, 0.2) is 42.5 Å². The SMILES string of the molecule is Cc1cc(-c2ccccc2C(C)C)ccc1CN. The van der Waals surface area contributed by atoms with Gasteiger partial charge >= 0.3 is 0 Å². The van der Waals surface area contributed by atoms with Crippen molar-refractivity contribution in [3.8, 4) is 11.1 Å². The Labute approximate surface area is 110 Å². The van der Waals surface area contributed by atoms with Crippen LogP contribution in [0, 0.1) is 6.92 Å². The minimum absolute atomic E-state index is 0.538. The predicted octanol–water partition coefficient (Wildman–Crippen LogP) is 4.24. The molecule has 0 bridgehead atoms. The smallest absolute Gasteiger partial charge is 0.0180 e. The summed E-state index contributed by atoms with van der Waals surface area (Å²) in [5.41, 5.74) is 12.2. The Balaban J connectivity index is 2.52. The molecule has 0 aromatic heterocycles. The van der Waals surface area contributed by atoms with E-state index in [4.69, 9.17) is 5.73 Å². The second-order valence-corrected chi connectivity index (χ2v) is 5.09. The van der Waals surface area contributed by atoms with Crippen LogP contribution in [0.2, 0.25) is 0 Å². The molecule has 0 amide bonds. The summed E-state index contributed by atoms with van der Waals surface area (Å²) < 4.78 is 0. The summed E-state index contributed by atoms with van der Waals surface area (Å²) >= 11 is 0. The average Bonchev–Trinajstić information content (AvgIpc) is 2.38. The first-order valence-corrected chi connectivity index (χ1v) is 6.52.